The number of aromatic nitrogens is 3. The summed E-state index contributed by atoms with van der Waals surface area (Å²) in [6, 6.07) is 1.61. The third-order valence-electron chi connectivity index (χ3n) is 4.28. The summed E-state index contributed by atoms with van der Waals surface area (Å²) in [7, 11) is 0. The maximum absolute atomic E-state index is 12.6. The molecule has 1 aliphatic rings. The maximum Gasteiger partial charge on any atom is 0.407 e. The molecule has 9 nitrogen and oxygen atoms in total. The molecular formula is C14H15N5O4. The molecule has 23 heavy (non-hydrogen) atoms. The van der Waals surface area contributed by atoms with E-state index in [1.165, 1.54) is 4.90 Å². The zero-order chi connectivity index (χ0) is 16.7. The SMILES string of the molecule is Cc1[nH]c2c(=O)n(C3CCN(C(=O)O)CC3)c(=O)[nH]c2c1C#N. The highest BCUT2D eigenvalue weighted by molar-refractivity contribution is 5.82. The van der Waals surface area contributed by atoms with Gasteiger partial charge in [0.2, 0.25) is 0 Å². The average Bonchev–Trinajstić information content (AvgIpc) is 2.83. The van der Waals surface area contributed by atoms with E-state index >= 15 is 0 Å². The van der Waals surface area contributed by atoms with Crippen LogP contribution in [-0.2, 0) is 0 Å². The van der Waals surface area contributed by atoms with Crippen molar-refractivity contribution in [2.45, 2.75) is 25.8 Å². The van der Waals surface area contributed by atoms with Crippen LogP contribution in [0.25, 0.3) is 11.0 Å². The van der Waals surface area contributed by atoms with Crippen molar-refractivity contribution in [1.82, 2.24) is 19.4 Å². The van der Waals surface area contributed by atoms with Crippen molar-refractivity contribution in [3.8, 4) is 6.07 Å². The lowest BCUT2D eigenvalue weighted by Crippen LogP contribution is -2.44. The minimum atomic E-state index is -1.00. The summed E-state index contributed by atoms with van der Waals surface area (Å²) in [6.07, 6.45) is -0.212. The summed E-state index contributed by atoms with van der Waals surface area (Å²) in [5, 5.41) is 18.1. The third kappa shape index (κ3) is 2.28. The zero-order valence-electron chi connectivity index (χ0n) is 12.4. The fraction of sp³-hybridized carbons (Fsp3) is 0.429. The number of aryl methyl sites for hydroxylation is 1. The van der Waals surface area contributed by atoms with E-state index in [4.69, 9.17) is 10.4 Å². The molecular weight excluding hydrogens is 302 g/mol. The van der Waals surface area contributed by atoms with Crippen LogP contribution < -0.4 is 11.2 Å². The van der Waals surface area contributed by atoms with E-state index in [-0.39, 0.29) is 35.7 Å². The number of fused-ring (bicyclic) bond motifs is 1. The molecule has 2 aromatic rings. The molecule has 0 aromatic carbocycles. The summed E-state index contributed by atoms with van der Waals surface area (Å²) in [6.45, 7) is 2.21. The molecule has 0 saturated carbocycles. The van der Waals surface area contributed by atoms with Gasteiger partial charge in [-0.05, 0) is 19.8 Å². The lowest BCUT2D eigenvalue weighted by atomic mass is 10.1. The van der Waals surface area contributed by atoms with Crippen LogP contribution >= 0.6 is 0 Å². The van der Waals surface area contributed by atoms with Gasteiger partial charge in [0.1, 0.15) is 11.6 Å². The van der Waals surface area contributed by atoms with Gasteiger partial charge in [0.15, 0.2) is 0 Å². The van der Waals surface area contributed by atoms with Gasteiger partial charge in [0.05, 0.1) is 11.1 Å². The zero-order valence-corrected chi connectivity index (χ0v) is 12.4. The van der Waals surface area contributed by atoms with Crippen molar-refractivity contribution in [3.05, 3.63) is 32.1 Å². The minimum absolute atomic E-state index is 0.194. The number of rotatable bonds is 1. The molecule has 3 rings (SSSR count). The normalized spacial score (nSPS) is 15.7. The number of nitriles is 1. The monoisotopic (exact) mass is 317 g/mol. The van der Waals surface area contributed by atoms with Crippen LogP contribution in [0.2, 0.25) is 0 Å². The highest BCUT2D eigenvalue weighted by Crippen LogP contribution is 2.21. The predicted molar refractivity (Wildman–Crippen MR) is 80.5 cm³/mol. The Balaban J connectivity index is 2.07. The molecule has 2 aromatic heterocycles. The van der Waals surface area contributed by atoms with Crippen molar-refractivity contribution < 1.29 is 9.90 Å². The van der Waals surface area contributed by atoms with Gasteiger partial charge in [0.25, 0.3) is 5.56 Å². The molecule has 3 heterocycles. The van der Waals surface area contributed by atoms with Crippen molar-refractivity contribution in [2.24, 2.45) is 0 Å². The van der Waals surface area contributed by atoms with E-state index in [0.29, 0.717) is 18.5 Å². The fourth-order valence-electron chi connectivity index (χ4n) is 3.08. The summed E-state index contributed by atoms with van der Waals surface area (Å²) >= 11 is 0. The maximum atomic E-state index is 12.6. The van der Waals surface area contributed by atoms with E-state index in [2.05, 4.69) is 9.97 Å². The predicted octanol–water partition coefficient (Wildman–Crippen LogP) is 0.513. The van der Waals surface area contributed by atoms with E-state index in [1.54, 1.807) is 6.92 Å². The third-order valence-corrected chi connectivity index (χ3v) is 4.28. The second-order valence-electron chi connectivity index (χ2n) is 5.59. The summed E-state index contributed by atoms with van der Waals surface area (Å²) in [4.78, 5) is 42.6. The first kappa shape index (κ1) is 14.9. The summed E-state index contributed by atoms with van der Waals surface area (Å²) in [5.41, 5.74) is 0.128. The highest BCUT2D eigenvalue weighted by Gasteiger charge is 2.26. The van der Waals surface area contributed by atoms with E-state index in [0.717, 1.165) is 4.57 Å². The Morgan fingerprint density at radius 3 is 2.48 bits per heavy atom. The average molecular weight is 317 g/mol. The number of hydrogen-bond donors (Lipinski definition) is 3. The number of hydrogen-bond acceptors (Lipinski definition) is 4. The first-order valence-corrected chi connectivity index (χ1v) is 7.19. The molecule has 0 radical (unpaired) electrons. The second kappa shape index (κ2) is 5.31. The van der Waals surface area contributed by atoms with Crippen LogP contribution in [0.4, 0.5) is 4.79 Å². The van der Waals surface area contributed by atoms with Gasteiger partial charge in [-0.25, -0.2) is 9.59 Å². The Morgan fingerprint density at radius 1 is 1.26 bits per heavy atom. The van der Waals surface area contributed by atoms with Crippen LogP contribution in [0.5, 0.6) is 0 Å². The number of H-pyrrole nitrogens is 2. The molecule has 1 aliphatic heterocycles. The van der Waals surface area contributed by atoms with Gasteiger partial charge in [-0.1, -0.05) is 0 Å². The molecule has 120 valence electrons. The van der Waals surface area contributed by atoms with Gasteiger partial charge in [-0.15, -0.1) is 0 Å². The van der Waals surface area contributed by atoms with Gasteiger partial charge < -0.3 is 20.0 Å². The molecule has 0 aliphatic carbocycles. The van der Waals surface area contributed by atoms with Crippen LogP contribution in [0.1, 0.15) is 30.1 Å². The molecule has 1 fully saturated rings. The topological polar surface area (TPSA) is 135 Å². The van der Waals surface area contributed by atoms with Crippen LogP contribution in [0, 0.1) is 18.3 Å². The molecule has 9 heteroatoms. The summed E-state index contributed by atoms with van der Waals surface area (Å²) in [5.74, 6) is 0. The first-order chi connectivity index (χ1) is 10.9. The molecule has 0 bridgehead atoms. The lowest BCUT2D eigenvalue weighted by molar-refractivity contribution is 0.124. The number of carbonyl (C=O) groups is 1. The fourth-order valence-corrected chi connectivity index (χ4v) is 3.08. The van der Waals surface area contributed by atoms with E-state index in [1.807, 2.05) is 6.07 Å². The number of likely N-dealkylation sites (tertiary alicyclic amines) is 1. The van der Waals surface area contributed by atoms with Gasteiger partial charge in [-0.3, -0.25) is 9.36 Å². The quantitative estimate of drug-likeness (QED) is 0.704. The number of aromatic amines is 2. The van der Waals surface area contributed by atoms with Crippen LogP contribution in [0.15, 0.2) is 9.59 Å². The molecule has 1 amide bonds. The number of piperidine rings is 1. The largest absolute Gasteiger partial charge is 0.465 e. The van der Waals surface area contributed by atoms with Crippen molar-refractivity contribution >= 4 is 17.1 Å². The Bertz CT molecular complexity index is 937. The Labute approximate surface area is 129 Å². The molecule has 0 spiro atoms. The smallest absolute Gasteiger partial charge is 0.407 e. The lowest BCUT2D eigenvalue weighted by Gasteiger charge is -2.30. The number of amides is 1. The van der Waals surface area contributed by atoms with E-state index < -0.39 is 17.3 Å². The Hall–Kier alpha value is -3.02. The Kier molecular flexibility index (Phi) is 3.44. The number of carboxylic acid groups (broad SMARTS) is 1. The highest BCUT2D eigenvalue weighted by atomic mass is 16.4. The molecule has 3 N–H and O–H groups in total. The van der Waals surface area contributed by atoms with Crippen LogP contribution in [-0.4, -0.2) is 43.7 Å². The van der Waals surface area contributed by atoms with E-state index in [9.17, 15) is 14.4 Å². The molecule has 0 atom stereocenters. The molecule has 1 saturated heterocycles. The van der Waals surface area contributed by atoms with Gasteiger partial charge in [-0.2, -0.15) is 5.26 Å². The first-order valence-electron chi connectivity index (χ1n) is 7.19. The minimum Gasteiger partial charge on any atom is -0.465 e. The Morgan fingerprint density at radius 2 is 1.91 bits per heavy atom. The number of nitrogens with one attached hydrogen (secondary N) is 2. The van der Waals surface area contributed by atoms with Gasteiger partial charge >= 0.3 is 11.8 Å². The van der Waals surface area contributed by atoms with Crippen molar-refractivity contribution in [3.63, 3.8) is 0 Å². The number of nitrogens with zero attached hydrogens (tertiary/aromatic N) is 3. The van der Waals surface area contributed by atoms with Crippen molar-refractivity contribution in [2.75, 3.05) is 13.1 Å². The summed E-state index contributed by atoms with van der Waals surface area (Å²) < 4.78 is 1.12. The van der Waals surface area contributed by atoms with Gasteiger partial charge in [0, 0.05) is 24.8 Å². The second-order valence-corrected chi connectivity index (χ2v) is 5.59. The van der Waals surface area contributed by atoms with Crippen LogP contribution in [0.3, 0.4) is 0 Å². The standard InChI is InChI=1S/C14H15N5O4/c1-7-9(6-15)10-11(16-7)12(20)19(13(21)17-10)8-2-4-18(5-3-8)14(22)23/h8,16H,2-5H2,1H3,(H,17,21)(H,22,23). The van der Waals surface area contributed by atoms with Crippen molar-refractivity contribution in [1.29, 1.82) is 5.26 Å². The molecule has 0 unspecified atom stereocenters.